The van der Waals surface area contributed by atoms with Crippen LogP contribution < -0.4 is 35.9 Å². The maximum Gasteiger partial charge on any atom is 0.231 e. The van der Waals surface area contributed by atoms with Crippen LogP contribution in [-0.4, -0.2) is 21.0 Å². The lowest BCUT2D eigenvalue weighted by atomic mass is 9.92. The van der Waals surface area contributed by atoms with Crippen LogP contribution in [0.15, 0.2) is 30.3 Å². The molecular weight excluding hydrogens is 546 g/mol. The minimum atomic E-state index is 0. The smallest absolute Gasteiger partial charge is 0.231 e. The van der Waals surface area contributed by atoms with Gasteiger partial charge in [0, 0.05) is 18.9 Å². The molecule has 0 saturated carbocycles. The van der Waals surface area contributed by atoms with Gasteiger partial charge in [0.05, 0.1) is 25.2 Å². The van der Waals surface area contributed by atoms with Crippen molar-refractivity contribution in [2.24, 2.45) is 0 Å². The van der Waals surface area contributed by atoms with Crippen molar-refractivity contribution < 1.29 is 35.9 Å². The minimum Gasteiger partial charge on any atom is -1.00 e. The monoisotopic (exact) mass is 595 g/mol. The summed E-state index contributed by atoms with van der Waals surface area (Å²) >= 11 is 0. The van der Waals surface area contributed by atoms with Gasteiger partial charge in [-0.05, 0) is 41.6 Å². The van der Waals surface area contributed by atoms with Gasteiger partial charge in [-0.25, -0.2) is 0 Å². The lowest BCUT2D eigenvalue weighted by Gasteiger charge is -2.20. The van der Waals surface area contributed by atoms with Crippen molar-refractivity contribution in [3.63, 3.8) is 0 Å². The zero-order valence-corrected chi connectivity index (χ0v) is 26.8. The number of pyridine rings is 1. The van der Waals surface area contributed by atoms with E-state index in [0.29, 0.717) is 6.79 Å². The van der Waals surface area contributed by atoms with Crippen LogP contribution in [0.3, 0.4) is 0 Å². The largest absolute Gasteiger partial charge is 1.00 e. The van der Waals surface area contributed by atoms with Gasteiger partial charge in [-0.2, -0.15) is 4.57 Å². The van der Waals surface area contributed by atoms with Crippen LogP contribution in [0.5, 0.6) is 23.0 Å². The van der Waals surface area contributed by atoms with Gasteiger partial charge in [0.25, 0.3) is 0 Å². The Labute approximate surface area is 259 Å². The fourth-order valence-corrected chi connectivity index (χ4v) is 6.75. The summed E-state index contributed by atoms with van der Waals surface area (Å²) in [6.07, 6.45) is 21.2. The van der Waals surface area contributed by atoms with Crippen molar-refractivity contribution in [2.75, 3.05) is 21.0 Å². The van der Waals surface area contributed by atoms with E-state index in [1.165, 1.54) is 123 Å². The number of unbranched alkanes of at least 4 members (excludes halogenated alkanes) is 13. The topological polar surface area (TPSA) is 40.8 Å². The number of hydrogen-bond acceptors (Lipinski definition) is 4. The molecule has 0 radical (unpaired) electrons. The molecule has 2 aromatic carbocycles. The molecule has 0 saturated heterocycles. The van der Waals surface area contributed by atoms with E-state index in [0.717, 1.165) is 42.4 Å². The van der Waals surface area contributed by atoms with E-state index in [1.54, 1.807) is 14.2 Å². The molecule has 0 bridgehead atoms. The van der Waals surface area contributed by atoms with Crippen molar-refractivity contribution in [3.05, 3.63) is 41.6 Å². The first-order valence-electron chi connectivity index (χ1n) is 16.3. The molecule has 1 aromatic heterocycles. The summed E-state index contributed by atoms with van der Waals surface area (Å²) in [6, 6.07) is 10.9. The Bertz CT molecular complexity index is 1310. The molecule has 0 aliphatic carbocycles. The molecule has 6 heteroatoms. The molecule has 0 fully saturated rings. The summed E-state index contributed by atoms with van der Waals surface area (Å²) < 4.78 is 25.6. The van der Waals surface area contributed by atoms with E-state index in [-0.39, 0.29) is 12.4 Å². The second-order valence-electron chi connectivity index (χ2n) is 11.9. The van der Waals surface area contributed by atoms with Crippen LogP contribution in [0.4, 0.5) is 0 Å². The van der Waals surface area contributed by atoms with E-state index in [9.17, 15) is 0 Å². The standard InChI is InChI=1S/C36H50NO4.ClH/c1-4-5-6-7-8-9-10-11-12-13-14-15-16-17-18-30-35-28(19-20-32(38-2)36(35)39-3)23-31-29-25-34-33(40-26-41-34)24-27(29)21-22-37(30)31;/h19-20,23-25H,4-18,21-22,26H2,1-3H3;1H/q+1;/p-1. The van der Waals surface area contributed by atoms with Crippen LogP contribution in [0, 0.1) is 0 Å². The third-order valence-corrected chi connectivity index (χ3v) is 9.02. The zero-order chi connectivity index (χ0) is 28.4. The summed E-state index contributed by atoms with van der Waals surface area (Å²) in [5.74, 6) is 3.35. The SMILES string of the molecule is CCCCCCCCCCCCCCCCc1c2c(OC)c(OC)ccc2cc2[n+]1CCc1cc3c(cc1-2)OCO3.[Cl-]. The first kappa shape index (κ1) is 32.3. The summed E-state index contributed by atoms with van der Waals surface area (Å²) in [4.78, 5) is 0. The van der Waals surface area contributed by atoms with Crippen LogP contribution >= 0.6 is 0 Å². The highest BCUT2D eigenvalue weighted by molar-refractivity contribution is 5.94. The van der Waals surface area contributed by atoms with E-state index < -0.39 is 0 Å². The third-order valence-electron chi connectivity index (χ3n) is 9.02. The van der Waals surface area contributed by atoms with Gasteiger partial charge in [0.15, 0.2) is 35.2 Å². The highest BCUT2D eigenvalue weighted by Crippen LogP contribution is 2.43. The summed E-state index contributed by atoms with van der Waals surface area (Å²) in [7, 11) is 3.48. The first-order chi connectivity index (χ1) is 20.2. The van der Waals surface area contributed by atoms with Crippen LogP contribution in [0.2, 0.25) is 0 Å². The molecular formula is C36H50ClNO4. The number of benzene rings is 2. The molecule has 5 rings (SSSR count). The third kappa shape index (κ3) is 7.45. The Hall–Kier alpha value is -2.66. The van der Waals surface area contributed by atoms with Crippen molar-refractivity contribution in [3.8, 4) is 34.3 Å². The summed E-state index contributed by atoms with van der Waals surface area (Å²) in [5.41, 5.74) is 5.19. The number of aryl methyl sites for hydroxylation is 2. The van der Waals surface area contributed by atoms with Gasteiger partial charge in [-0.1, -0.05) is 90.4 Å². The van der Waals surface area contributed by atoms with Crippen LogP contribution in [0.25, 0.3) is 22.0 Å². The Morgan fingerprint density at radius 3 is 1.98 bits per heavy atom. The van der Waals surface area contributed by atoms with Gasteiger partial charge >= 0.3 is 0 Å². The maximum atomic E-state index is 5.96. The quantitative estimate of drug-likeness (QED) is 0.139. The predicted octanol–water partition coefficient (Wildman–Crippen LogP) is 6.12. The molecule has 3 heterocycles. The molecule has 3 aromatic rings. The van der Waals surface area contributed by atoms with Gasteiger partial charge in [0.1, 0.15) is 0 Å². The van der Waals surface area contributed by atoms with Gasteiger partial charge in [-0.15, -0.1) is 0 Å². The number of fused-ring (bicyclic) bond motifs is 5. The molecule has 2 aliphatic rings. The van der Waals surface area contributed by atoms with Crippen molar-refractivity contribution in [2.45, 2.75) is 116 Å². The number of rotatable bonds is 17. The lowest BCUT2D eigenvalue weighted by Crippen LogP contribution is -3.00. The fourth-order valence-electron chi connectivity index (χ4n) is 6.75. The zero-order valence-electron chi connectivity index (χ0n) is 26.1. The van der Waals surface area contributed by atoms with E-state index in [1.807, 2.05) is 6.07 Å². The molecule has 0 unspecified atom stereocenters. The number of hydrogen-bond donors (Lipinski definition) is 0. The second kappa shape index (κ2) is 16.3. The van der Waals surface area contributed by atoms with E-state index in [4.69, 9.17) is 18.9 Å². The molecule has 2 aliphatic heterocycles. The van der Waals surface area contributed by atoms with Gasteiger partial charge in [-0.3, -0.25) is 0 Å². The number of nitrogens with zero attached hydrogens (tertiary/aromatic N) is 1. The van der Waals surface area contributed by atoms with Crippen LogP contribution in [-0.2, 0) is 19.4 Å². The fraction of sp³-hybridized carbons (Fsp3) is 0.583. The average molecular weight is 596 g/mol. The molecule has 0 amide bonds. The lowest BCUT2D eigenvalue weighted by molar-refractivity contribution is -0.693. The Kier molecular flexibility index (Phi) is 12.5. The Balaban J connectivity index is 0.00000405. The van der Waals surface area contributed by atoms with Crippen LogP contribution in [0.1, 0.15) is 108 Å². The summed E-state index contributed by atoms with van der Waals surface area (Å²) in [6.45, 7) is 3.55. The van der Waals surface area contributed by atoms with Gasteiger partial charge < -0.3 is 31.4 Å². The minimum absolute atomic E-state index is 0. The van der Waals surface area contributed by atoms with Crippen molar-refractivity contribution >= 4 is 10.8 Å². The highest BCUT2D eigenvalue weighted by atomic mass is 35.5. The normalized spacial score (nSPS) is 13.0. The van der Waals surface area contributed by atoms with E-state index >= 15 is 0 Å². The first-order valence-corrected chi connectivity index (χ1v) is 16.3. The Morgan fingerprint density at radius 1 is 0.738 bits per heavy atom. The molecule has 42 heavy (non-hydrogen) atoms. The maximum absolute atomic E-state index is 5.96. The molecule has 0 atom stereocenters. The number of halogens is 1. The number of methoxy groups -OCH3 is 2. The number of ether oxygens (including phenoxy) is 4. The highest BCUT2D eigenvalue weighted by Gasteiger charge is 2.32. The predicted molar refractivity (Wildman–Crippen MR) is 167 cm³/mol. The Morgan fingerprint density at radius 2 is 1.36 bits per heavy atom. The van der Waals surface area contributed by atoms with Crippen molar-refractivity contribution in [1.29, 1.82) is 0 Å². The average Bonchev–Trinajstić information content (AvgIpc) is 3.46. The van der Waals surface area contributed by atoms with E-state index in [2.05, 4.69) is 35.8 Å². The van der Waals surface area contributed by atoms with Crippen molar-refractivity contribution in [1.82, 2.24) is 0 Å². The summed E-state index contributed by atoms with van der Waals surface area (Å²) in [5, 5.41) is 2.38. The molecule has 0 N–H and O–H groups in total. The number of aromatic nitrogens is 1. The molecule has 0 spiro atoms. The molecule has 5 nitrogen and oxygen atoms in total. The molecule has 230 valence electrons. The van der Waals surface area contributed by atoms with Gasteiger partial charge in [0.2, 0.25) is 12.5 Å². The second-order valence-corrected chi connectivity index (χ2v) is 11.9.